The van der Waals surface area contributed by atoms with E-state index in [1.165, 1.54) is 12.7 Å². The average molecular weight is 546 g/mol. The average Bonchev–Trinajstić information content (AvgIpc) is 3.57. The number of carbonyl (C=O) groups excluding carboxylic acids is 1. The molecule has 1 saturated heterocycles. The number of piperidine rings is 1. The van der Waals surface area contributed by atoms with Gasteiger partial charge in [-0.25, -0.2) is 4.79 Å². The Labute approximate surface area is 222 Å². The van der Waals surface area contributed by atoms with Gasteiger partial charge in [0.05, 0.1) is 22.5 Å². The van der Waals surface area contributed by atoms with Crippen LogP contribution in [0.4, 0.5) is 0 Å². The summed E-state index contributed by atoms with van der Waals surface area (Å²) in [4.78, 5) is 13.8. The van der Waals surface area contributed by atoms with Crippen LogP contribution in [0, 0.1) is 0 Å². The number of likely N-dealkylation sites (tertiary alicyclic amines) is 1. The van der Waals surface area contributed by atoms with Crippen molar-refractivity contribution in [2.45, 2.75) is 24.9 Å². The normalized spacial score (nSPS) is 15.7. The Hall–Kier alpha value is -3.11. The van der Waals surface area contributed by atoms with Gasteiger partial charge in [0.15, 0.2) is 5.76 Å². The molecule has 0 aliphatic carbocycles. The molecule has 0 bridgehead atoms. The molecule has 5 rings (SSSR count). The fourth-order valence-corrected chi connectivity index (χ4v) is 4.82. The SMILES string of the molecule is COC(=O)c1nnc(-c2cc3c(OC[C@@H](O)CN4CCC(c5ccc(Cl)c(Cl)c5)CC4)cccc3o2)o1. The van der Waals surface area contributed by atoms with E-state index >= 15 is 0 Å². The molecule has 9 nitrogen and oxygen atoms in total. The molecule has 3 heterocycles. The predicted molar refractivity (Wildman–Crippen MR) is 137 cm³/mol. The second-order valence-electron chi connectivity index (χ2n) is 8.90. The van der Waals surface area contributed by atoms with E-state index in [4.69, 9.17) is 36.8 Å². The van der Waals surface area contributed by atoms with Gasteiger partial charge in [-0.3, -0.25) is 0 Å². The molecule has 0 spiro atoms. The first-order chi connectivity index (χ1) is 17.9. The fraction of sp³-hybridized carbons (Fsp3) is 0.346. The van der Waals surface area contributed by atoms with Crippen LogP contribution in [-0.2, 0) is 4.74 Å². The molecule has 1 fully saturated rings. The van der Waals surface area contributed by atoms with Crippen LogP contribution in [0.2, 0.25) is 10.0 Å². The van der Waals surface area contributed by atoms with Crippen molar-refractivity contribution in [2.75, 3.05) is 33.4 Å². The minimum absolute atomic E-state index is 0.0480. The van der Waals surface area contributed by atoms with Crippen molar-refractivity contribution in [3.05, 3.63) is 64.0 Å². The highest BCUT2D eigenvalue weighted by atomic mass is 35.5. The number of hydrogen-bond acceptors (Lipinski definition) is 9. The highest BCUT2D eigenvalue weighted by Gasteiger charge is 2.24. The molecule has 1 aliphatic rings. The molecule has 0 amide bonds. The molecule has 4 aromatic rings. The quantitative estimate of drug-likeness (QED) is 0.298. The van der Waals surface area contributed by atoms with E-state index in [0.717, 1.165) is 25.9 Å². The van der Waals surface area contributed by atoms with Crippen LogP contribution in [0.3, 0.4) is 0 Å². The number of methoxy groups -OCH3 is 1. The van der Waals surface area contributed by atoms with Gasteiger partial charge < -0.3 is 28.3 Å². The Morgan fingerprint density at radius 1 is 1.14 bits per heavy atom. The maximum atomic E-state index is 11.6. The standard InChI is InChI=1S/C26H25Cl2N3O6/c1-34-26(33)25-30-29-24(37-25)23-12-18-21(3-2-4-22(18)36-23)35-14-17(32)13-31-9-7-15(8-10-31)16-5-6-19(27)20(28)11-16/h2-6,11-12,15,17,32H,7-10,13-14H2,1H3/t17-/m0/s1. The van der Waals surface area contributed by atoms with E-state index in [1.54, 1.807) is 24.3 Å². The molecule has 194 valence electrons. The molecular formula is C26H25Cl2N3O6. The Morgan fingerprint density at radius 2 is 1.95 bits per heavy atom. The number of halogens is 2. The van der Waals surface area contributed by atoms with Crippen molar-refractivity contribution in [3.63, 3.8) is 0 Å². The van der Waals surface area contributed by atoms with Crippen LogP contribution in [0.25, 0.3) is 22.6 Å². The monoisotopic (exact) mass is 545 g/mol. The van der Waals surface area contributed by atoms with E-state index in [0.29, 0.717) is 45.0 Å². The van der Waals surface area contributed by atoms with Gasteiger partial charge in [-0.1, -0.05) is 35.3 Å². The first kappa shape index (κ1) is 25.5. The second-order valence-corrected chi connectivity index (χ2v) is 9.71. The van der Waals surface area contributed by atoms with Gasteiger partial charge in [0.1, 0.15) is 24.0 Å². The van der Waals surface area contributed by atoms with Crippen LogP contribution >= 0.6 is 23.2 Å². The van der Waals surface area contributed by atoms with Crippen LogP contribution in [0.15, 0.2) is 51.3 Å². The lowest BCUT2D eigenvalue weighted by Crippen LogP contribution is -2.40. The molecule has 0 unspecified atom stereocenters. The fourth-order valence-electron chi connectivity index (χ4n) is 4.51. The molecule has 11 heteroatoms. The lowest BCUT2D eigenvalue weighted by atomic mass is 9.89. The summed E-state index contributed by atoms with van der Waals surface area (Å²) < 4.78 is 21.7. The number of nitrogens with zero attached hydrogens (tertiary/aromatic N) is 3. The third-order valence-electron chi connectivity index (χ3n) is 6.42. The molecule has 1 atom stereocenters. The highest BCUT2D eigenvalue weighted by molar-refractivity contribution is 6.42. The summed E-state index contributed by atoms with van der Waals surface area (Å²) >= 11 is 12.2. The number of furan rings is 1. The van der Waals surface area contributed by atoms with Gasteiger partial charge in [0, 0.05) is 12.6 Å². The Balaban J connectivity index is 1.17. The van der Waals surface area contributed by atoms with Crippen LogP contribution in [-0.4, -0.2) is 65.6 Å². The number of esters is 1. The first-order valence-electron chi connectivity index (χ1n) is 11.8. The molecule has 0 radical (unpaired) electrons. The largest absolute Gasteiger partial charge is 0.490 e. The molecule has 0 saturated carbocycles. The number of aromatic nitrogens is 2. The molecule has 1 N–H and O–H groups in total. The summed E-state index contributed by atoms with van der Waals surface area (Å²) in [5, 5.41) is 20.0. The van der Waals surface area contributed by atoms with Gasteiger partial charge in [0.25, 0.3) is 5.89 Å². The van der Waals surface area contributed by atoms with E-state index in [1.807, 2.05) is 18.2 Å². The second kappa shape index (κ2) is 11.1. The van der Waals surface area contributed by atoms with Crippen molar-refractivity contribution < 1.29 is 28.2 Å². The zero-order valence-corrected chi connectivity index (χ0v) is 21.5. The lowest BCUT2D eigenvalue weighted by molar-refractivity contribution is 0.0556. The van der Waals surface area contributed by atoms with Gasteiger partial charge in [-0.05, 0) is 61.7 Å². The summed E-state index contributed by atoms with van der Waals surface area (Å²) in [6.07, 6.45) is 1.30. The summed E-state index contributed by atoms with van der Waals surface area (Å²) in [6.45, 7) is 2.39. The van der Waals surface area contributed by atoms with Crippen LogP contribution in [0.5, 0.6) is 5.75 Å². The van der Waals surface area contributed by atoms with Crippen molar-refractivity contribution in [1.29, 1.82) is 0 Å². The minimum atomic E-state index is -0.730. The minimum Gasteiger partial charge on any atom is -0.490 e. The van der Waals surface area contributed by atoms with E-state index in [2.05, 4.69) is 19.8 Å². The summed E-state index contributed by atoms with van der Waals surface area (Å²) in [5.74, 6) is 0.323. The smallest absolute Gasteiger partial charge is 0.396 e. The number of benzene rings is 2. The van der Waals surface area contributed by atoms with Crippen molar-refractivity contribution in [3.8, 4) is 17.4 Å². The van der Waals surface area contributed by atoms with Gasteiger partial charge >= 0.3 is 11.9 Å². The zero-order chi connectivity index (χ0) is 25.9. The summed E-state index contributed by atoms with van der Waals surface area (Å²) in [7, 11) is 1.23. The molecule has 2 aromatic carbocycles. The third-order valence-corrected chi connectivity index (χ3v) is 7.16. The van der Waals surface area contributed by atoms with E-state index in [9.17, 15) is 9.90 Å². The van der Waals surface area contributed by atoms with E-state index < -0.39 is 12.1 Å². The van der Waals surface area contributed by atoms with E-state index in [-0.39, 0.29) is 18.4 Å². The van der Waals surface area contributed by atoms with Crippen molar-refractivity contribution in [2.24, 2.45) is 0 Å². The van der Waals surface area contributed by atoms with Gasteiger partial charge in [-0.15, -0.1) is 10.2 Å². The number of ether oxygens (including phenoxy) is 2. The van der Waals surface area contributed by atoms with Gasteiger partial charge in [0.2, 0.25) is 0 Å². The van der Waals surface area contributed by atoms with Crippen molar-refractivity contribution in [1.82, 2.24) is 15.1 Å². The number of fused-ring (bicyclic) bond motifs is 1. The summed E-state index contributed by atoms with van der Waals surface area (Å²) in [5.41, 5.74) is 1.75. The predicted octanol–water partition coefficient (Wildman–Crippen LogP) is 5.20. The maximum absolute atomic E-state index is 11.6. The zero-order valence-electron chi connectivity index (χ0n) is 20.0. The number of aliphatic hydroxyl groups excluding tert-OH is 1. The molecule has 37 heavy (non-hydrogen) atoms. The number of rotatable bonds is 8. The highest BCUT2D eigenvalue weighted by Crippen LogP contribution is 2.34. The van der Waals surface area contributed by atoms with Crippen LogP contribution in [0.1, 0.15) is 35.0 Å². The third kappa shape index (κ3) is 5.75. The topological polar surface area (TPSA) is 111 Å². The lowest BCUT2D eigenvalue weighted by Gasteiger charge is -2.33. The maximum Gasteiger partial charge on any atom is 0.396 e. The number of aliphatic hydroxyl groups is 1. The molecule has 2 aromatic heterocycles. The van der Waals surface area contributed by atoms with Crippen LogP contribution < -0.4 is 4.74 Å². The summed E-state index contributed by atoms with van der Waals surface area (Å²) in [6, 6.07) is 12.9. The van der Waals surface area contributed by atoms with Crippen molar-refractivity contribution >= 4 is 40.1 Å². The number of carbonyl (C=O) groups is 1. The first-order valence-corrected chi connectivity index (χ1v) is 12.6. The Kier molecular flexibility index (Phi) is 7.66. The Bertz CT molecular complexity index is 1400. The van der Waals surface area contributed by atoms with Gasteiger partial charge in [-0.2, -0.15) is 0 Å². The molecule has 1 aliphatic heterocycles. The molecular weight excluding hydrogens is 521 g/mol. The number of hydrogen-bond donors (Lipinski definition) is 1. The Morgan fingerprint density at radius 3 is 2.70 bits per heavy atom. The number of β-amino-alcohol motifs (C(OH)–C–C–N with tert-alkyl or cyclic N) is 1.